The zero-order chi connectivity index (χ0) is 17.4. The van der Waals surface area contributed by atoms with Gasteiger partial charge in [-0.3, -0.25) is 0 Å². The van der Waals surface area contributed by atoms with Crippen LogP contribution < -0.4 is 4.74 Å². The van der Waals surface area contributed by atoms with Crippen molar-refractivity contribution in [2.24, 2.45) is 5.16 Å². The number of hydrogen-bond donors (Lipinski definition) is 0. The van der Waals surface area contributed by atoms with Crippen LogP contribution in [0.4, 0.5) is 0 Å². The number of carbonyl (C=O) groups is 1. The molecule has 2 rings (SSSR count). The molecule has 0 radical (unpaired) electrons. The van der Waals surface area contributed by atoms with E-state index >= 15 is 0 Å². The van der Waals surface area contributed by atoms with Gasteiger partial charge in [-0.15, -0.1) is 0 Å². The number of benzene rings is 2. The molecular weight excluding hydrogens is 353 g/mol. The summed E-state index contributed by atoms with van der Waals surface area (Å²) in [5.41, 5.74) is 1.48. The number of rotatable bonds is 7. The lowest BCUT2D eigenvalue weighted by molar-refractivity contribution is -0.150. The molecule has 0 saturated heterocycles. The largest absolute Gasteiger partial charge is 0.497 e. The van der Waals surface area contributed by atoms with E-state index in [4.69, 9.17) is 37.5 Å². The van der Waals surface area contributed by atoms with Crippen molar-refractivity contribution in [1.82, 2.24) is 0 Å². The SMILES string of the molecule is COc1ccc(/C=N/OCC(=O)OCc2ccc(Cl)cc2Cl)cc1. The Labute approximate surface area is 149 Å². The van der Waals surface area contributed by atoms with Gasteiger partial charge in [0, 0.05) is 15.6 Å². The highest BCUT2D eigenvalue weighted by Crippen LogP contribution is 2.21. The molecule has 0 fully saturated rings. The minimum atomic E-state index is -0.548. The molecular formula is C17H15Cl2NO4. The first-order valence-electron chi connectivity index (χ1n) is 6.97. The van der Waals surface area contributed by atoms with Crippen LogP contribution in [-0.2, 0) is 21.0 Å². The summed E-state index contributed by atoms with van der Waals surface area (Å²) in [6.45, 7) is -0.252. The minimum Gasteiger partial charge on any atom is -0.497 e. The summed E-state index contributed by atoms with van der Waals surface area (Å²) in [6.07, 6.45) is 1.49. The van der Waals surface area contributed by atoms with E-state index in [2.05, 4.69) is 5.16 Å². The van der Waals surface area contributed by atoms with Crippen molar-refractivity contribution in [1.29, 1.82) is 0 Å². The molecule has 0 heterocycles. The molecule has 7 heteroatoms. The molecule has 0 amide bonds. The fourth-order valence-electron chi connectivity index (χ4n) is 1.72. The van der Waals surface area contributed by atoms with Crippen LogP contribution in [0.5, 0.6) is 5.75 Å². The lowest BCUT2D eigenvalue weighted by atomic mass is 10.2. The number of oxime groups is 1. The number of nitrogens with zero attached hydrogens (tertiary/aromatic N) is 1. The van der Waals surface area contributed by atoms with Crippen molar-refractivity contribution in [3.05, 3.63) is 63.6 Å². The van der Waals surface area contributed by atoms with Crippen LogP contribution in [0.3, 0.4) is 0 Å². The fourth-order valence-corrected chi connectivity index (χ4v) is 2.18. The Hall–Kier alpha value is -2.24. The Bertz CT molecular complexity index is 717. The van der Waals surface area contributed by atoms with Crippen LogP contribution in [0, 0.1) is 0 Å². The zero-order valence-corrected chi connectivity index (χ0v) is 14.4. The van der Waals surface area contributed by atoms with Crippen LogP contribution >= 0.6 is 23.2 Å². The Balaban J connectivity index is 1.73. The summed E-state index contributed by atoms with van der Waals surface area (Å²) in [5, 5.41) is 4.67. The lowest BCUT2D eigenvalue weighted by Crippen LogP contribution is -2.11. The van der Waals surface area contributed by atoms with E-state index in [1.807, 2.05) is 12.1 Å². The van der Waals surface area contributed by atoms with Crippen molar-refractivity contribution in [3.8, 4) is 5.75 Å². The van der Waals surface area contributed by atoms with Crippen LogP contribution in [0.15, 0.2) is 47.6 Å². The van der Waals surface area contributed by atoms with Crippen molar-refractivity contribution in [2.45, 2.75) is 6.61 Å². The Morgan fingerprint density at radius 3 is 2.58 bits per heavy atom. The first kappa shape index (κ1) is 18.1. The number of halogens is 2. The summed E-state index contributed by atoms with van der Waals surface area (Å²) in [7, 11) is 1.59. The molecule has 2 aromatic rings. The van der Waals surface area contributed by atoms with Gasteiger partial charge in [0.2, 0.25) is 6.61 Å². The Morgan fingerprint density at radius 1 is 1.17 bits per heavy atom. The highest BCUT2D eigenvalue weighted by molar-refractivity contribution is 6.35. The van der Waals surface area contributed by atoms with E-state index in [9.17, 15) is 4.79 Å². The van der Waals surface area contributed by atoms with Gasteiger partial charge >= 0.3 is 5.97 Å². The van der Waals surface area contributed by atoms with Crippen LogP contribution in [0.2, 0.25) is 10.0 Å². The molecule has 2 aromatic carbocycles. The average Bonchev–Trinajstić information content (AvgIpc) is 2.58. The molecule has 0 atom stereocenters. The summed E-state index contributed by atoms with van der Waals surface area (Å²) in [5.74, 6) is 0.199. The molecule has 0 saturated carbocycles. The van der Waals surface area contributed by atoms with Gasteiger partial charge in [-0.25, -0.2) is 4.79 Å². The quantitative estimate of drug-likeness (QED) is 0.420. The predicted octanol–water partition coefficient (Wildman–Crippen LogP) is 4.10. The third-order valence-electron chi connectivity index (χ3n) is 2.98. The van der Waals surface area contributed by atoms with Crippen molar-refractivity contribution in [3.63, 3.8) is 0 Å². The van der Waals surface area contributed by atoms with Gasteiger partial charge in [0.05, 0.1) is 13.3 Å². The first-order chi connectivity index (χ1) is 11.6. The van der Waals surface area contributed by atoms with Crippen molar-refractivity contribution >= 4 is 35.4 Å². The summed E-state index contributed by atoms with van der Waals surface area (Å²) < 4.78 is 10.1. The number of ether oxygens (including phenoxy) is 2. The molecule has 126 valence electrons. The number of hydrogen-bond acceptors (Lipinski definition) is 5. The average molecular weight is 368 g/mol. The summed E-state index contributed by atoms with van der Waals surface area (Å²) >= 11 is 11.8. The van der Waals surface area contributed by atoms with Gasteiger partial charge in [-0.05, 0) is 42.0 Å². The maximum Gasteiger partial charge on any atom is 0.347 e. The molecule has 0 spiro atoms. The molecule has 0 aliphatic carbocycles. The molecule has 24 heavy (non-hydrogen) atoms. The van der Waals surface area contributed by atoms with Gasteiger partial charge in [0.15, 0.2) is 0 Å². The number of methoxy groups -OCH3 is 1. The molecule has 0 aromatic heterocycles. The smallest absolute Gasteiger partial charge is 0.347 e. The van der Waals surface area contributed by atoms with E-state index in [1.165, 1.54) is 6.21 Å². The van der Waals surface area contributed by atoms with Gasteiger partial charge < -0.3 is 14.3 Å². The van der Waals surface area contributed by atoms with E-state index in [0.29, 0.717) is 15.6 Å². The molecule has 0 N–H and O–H groups in total. The van der Waals surface area contributed by atoms with E-state index < -0.39 is 5.97 Å². The minimum absolute atomic E-state index is 0.0421. The zero-order valence-electron chi connectivity index (χ0n) is 12.9. The van der Waals surface area contributed by atoms with E-state index in [0.717, 1.165) is 11.3 Å². The first-order valence-corrected chi connectivity index (χ1v) is 7.73. The van der Waals surface area contributed by atoms with Gasteiger partial charge in [0.25, 0.3) is 0 Å². The highest BCUT2D eigenvalue weighted by atomic mass is 35.5. The second-order valence-corrected chi connectivity index (χ2v) is 5.52. The Morgan fingerprint density at radius 2 is 1.92 bits per heavy atom. The second-order valence-electron chi connectivity index (χ2n) is 4.68. The fraction of sp³-hybridized carbons (Fsp3) is 0.176. The summed E-state index contributed by atoms with van der Waals surface area (Å²) in [6, 6.07) is 12.2. The van der Waals surface area contributed by atoms with Crippen LogP contribution in [0.25, 0.3) is 0 Å². The highest BCUT2D eigenvalue weighted by Gasteiger charge is 2.07. The molecule has 0 bridgehead atoms. The van der Waals surface area contributed by atoms with Crippen LogP contribution in [-0.4, -0.2) is 25.9 Å². The Kier molecular flexibility index (Phi) is 6.90. The maximum absolute atomic E-state index is 11.6. The van der Waals surface area contributed by atoms with Gasteiger partial charge in [-0.2, -0.15) is 0 Å². The number of carbonyl (C=O) groups excluding carboxylic acids is 1. The summed E-state index contributed by atoms with van der Waals surface area (Å²) in [4.78, 5) is 16.5. The molecule has 5 nitrogen and oxygen atoms in total. The van der Waals surface area contributed by atoms with Crippen molar-refractivity contribution < 1.29 is 19.1 Å². The standard InChI is InChI=1S/C17H15Cl2NO4/c1-22-15-6-2-12(3-7-15)9-20-24-11-17(21)23-10-13-4-5-14(18)8-16(13)19/h2-9H,10-11H2,1H3/b20-9+. The van der Waals surface area contributed by atoms with Crippen LogP contribution in [0.1, 0.15) is 11.1 Å². The second kappa shape index (κ2) is 9.15. The third-order valence-corrected chi connectivity index (χ3v) is 3.57. The third kappa shape index (κ3) is 5.76. The topological polar surface area (TPSA) is 57.1 Å². The van der Waals surface area contributed by atoms with Crippen molar-refractivity contribution in [2.75, 3.05) is 13.7 Å². The molecule has 0 unspecified atom stereocenters. The monoisotopic (exact) mass is 367 g/mol. The number of esters is 1. The normalized spacial score (nSPS) is 10.6. The van der Waals surface area contributed by atoms with E-state index in [1.54, 1.807) is 37.4 Å². The van der Waals surface area contributed by atoms with Gasteiger partial charge in [-0.1, -0.05) is 34.4 Å². The molecule has 0 aliphatic rings. The maximum atomic E-state index is 11.6. The predicted molar refractivity (Wildman–Crippen MR) is 92.8 cm³/mol. The lowest BCUT2D eigenvalue weighted by Gasteiger charge is -2.06. The van der Waals surface area contributed by atoms with E-state index in [-0.39, 0.29) is 13.2 Å². The van der Waals surface area contributed by atoms with Gasteiger partial charge in [0.1, 0.15) is 12.4 Å². The molecule has 0 aliphatic heterocycles.